The summed E-state index contributed by atoms with van der Waals surface area (Å²) in [5, 5.41) is 10.3. The van der Waals surface area contributed by atoms with Crippen molar-refractivity contribution in [3.05, 3.63) is 24.3 Å². The van der Waals surface area contributed by atoms with Crippen molar-refractivity contribution in [2.75, 3.05) is 19.8 Å². The summed E-state index contributed by atoms with van der Waals surface area (Å²) in [5.74, 6) is -2.50. The monoisotopic (exact) mass is 474 g/mol. The summed E-state index contributed by atoms with van der Waals surface area (Å²) in [4.78, 5) is 44.6. The molecular weight excluding hydrogens is 436 g/mol. The van der Waals surface area contributed by atoms with Gasteiger partial charge in [-0.05, 0) is 45.4 Å². The quantitative estimate of drug-likeness (QED) is 0.484. The zero-order chi connectivity index (χ0) is 24.6. The number of aliphatic hydroxyl groups is 1. The lowest BCUT2D eigenvalue weighted by Crippen LogP contribution is -2.59. The maximum Gasteiger partial charge on any atom is 0.312 e. The zero-order valence-corrected chi connectivity index (χ0v) is 20.7. The molecule has 0 aliphatic carbocycles. The molecule has 0 saturated carbocycles. The van der Waals surface area contributed by atoms with E-state index >= 15 is 0 Å². The Morgan fingerprint density at radius 3 is 2.56 bits per heavy atom. The van der Waals surface area contributed by atoms with Gasteiger partial charge in [-0.15, -0.1) is 0 Å². The lowest BCUT2D eigenvalue weighted by atomic mass is 9.78. The van der Waals surface area contributed by atoms with Crippen LogP contribution in [-0.4, -0.2) is 82.3 Å². The van der Waals surface area contributed by atoms with Crippen LogP contribution in [0, 0.1) is 17.8 Å². The predicted molar refractivity (Wildman–Crippen MR) is 125 cm³/mol. The Kier molecular flexibility index (Phi) is 7.20. The minimum Gasteiger partial charge on any atom is -0.465 e. The number of hydrogen-bond donors (Lipinski definition) is 1. The Balaban J connectivity index is 1.85. The molecule has 0 bridgehead atoms. The van der Waals surface area contributed by atoms with Gasteiger partial charge in [-0.1, -0.05) is 38.2 Å². The molecule has 0 radical (unpaired) electrons. The summed E-state index contributed by atoms with van der Waals surface area (Å²) in [6, 6.07) is -1.56. The second-order valence-corrected chi connectivity index (χ2v) is 10.6. The second kappa shape index (κ2) is 9.82. The SMILES string of the molecule is CC(C)C[C@H](CO)N1C(=O)[C@@H]2[C@@H]3C(=O)OCCCC/C=C\[C@@H]3O[C@@]23C=CCN(C(C)C)C(=O)C13. The standard InChI is InChI=1S/C26H38N2O6/c1-16(2)14-18(15-29)28-22-24(31)27(17(3)4)12-9-11-26(22)21(23(28)30)20-19(34-26)10-7-5-6-8-13-33-25(20)32/h7,9-11,16-22,29H,5-6,8,12-15H2,1-4H3/b10-7-/t18-,19+,20-,21+,22?,26+/m1/s1. The first-order chi connectivity index (χ1) is 16.2. The average molecular weight is 475 g/mol. The maximum absolute atomic E-state index is 14.1. The molecule has 4 rings (SSSR count). The van der Waals surface area contributed by atoms with Crippen LogP contribution >= 0.6 is 0 Å². The highest BCUT2D eigenvalue weighted by atomic mass is 16.6. The molecular formula is C26H38N2O6. The molecule has 2 saturated heterocycles. The molecule has 0 aromatic carbocycles. The van der Waals surface area contributed by atoms with Gasteiger partial charge in [0.25, 0.3) is 0 Å². The van der Waals surface area contributed by atoms with Crippen LogP contribution in [-0.2, 0) is 23.9 Å². The van der Waals surface area contributed by atoms with Crippen LogP contribution in [0.15, 0.2) is 24.3 Å². The Bertz CT molecular complexity index is 867. The van der Waals surface area contributed by atoms with Crippen molar-refractivity contribution in [1.29, 1.82) is 0 Å². The number of amides is 2. The van der Waals surface area contributed by atoms with Crippen LogP contribution in [0.5, 0.6) is 0 Å². The third-order valence-electron chi connectivity index (χ3n) is 7.54. The second-order valence-electron chi connectivity index (χ2n) is 10.6. The fourth-order valence-corrected chi connectivity index (χ4v) is 6.05. The van der Waals surface area contributed by atoms with Gasteiger partial charge >= 0.3 is 5.97 Å². The van der Waals surface area contributed by atoms with Gasteiger partial charge in [-0.2, -0.15) is 0 Å². The third-order valence-corrected chi connectivity index (χ3v) is 7.54. The van der Waals surface area contributed by atoms with Gasteiger partial charge in [-0.25, -0.2) is 0 Å². The first kappa shape index (κ1) is 24.9. The Hall–Kier alpha value is -2.19. The van der Waals surface area contributed by atoms with Crippen molar-refractivity contribution < 1.29 is 29.0 Å². The number of likely N-dealkylation sites (tertiary alicyclic amines) is 1. The molecule has 6 atom stereocenters. The number of esters is 1. The fraction of sp³-hybridized carbons (Fsp3) is 0.731. The number of rotatable bonds is 5. The topological polar surface area (TPSA) is 96.4 Å². The van der Waals surface area contributed by atoms with Gasteiger partial charge in [0, 0.05) is 12.6 Å². The van der Waals surface area contributed by atoms with Crippen molar-refractivity contribution in [1.82, 2.24) is 9.80 Å². The number of nitrogens with zero attached hydrogens (tertiary/aromatic N) is 2. The lowest BCUT2D eigenvalue weighted by molar-refractivity contribution is -0.157. The van der Waals surface area contributed by atoms with Gasteiger partial charge in [0.15, 0.2) is 0 Å². The predicted octanol–water partition coefficient (Wildman–Crippen LogP) is 2.06. The molecule has 0 aromatic heterocycles. The Labute approximate surface area is 201 Å². The van der Waals surface area contributed by atoms with E-state index in [9.17, 15) is 19.5 Å². The van der Waals surface area contributed by atoms with E-state index in [0.29, 0.717) is 19.6 Å². The highest BCUT2D eigenvalue weighted by molar-refractivity contribution is 5.99. The minimum absolute atomic E-state index is 0.0760. The van der Waals surface area contributed by atoms with Crippen LogP contribution in [0.4, 0.5) is 0 Å². The number of hydrogen-bond acceptors (Lipinski definition) is 6. The zero-order valence-electron chi connectivity index (χ0n) is 20.7. The number of aliphatic hydroxyl groups excluding tert-OH is 1. The van der Waals surface area contributed by atoms with Crippen molar-refractivity contribution in [2.24, 2.45) is 17.8 Å². The van der Waals surface area contributed by atoms with Gasteiger partial charge in [0.1, 0.15) is 17.6 Å². The van der Waals surface area contributed by atoms with Crippen molar-refractivity contribution in [3.8, 4) is 0 Å². The molecule has 2 fully saturated rings. The lowest BCUT2D eigenvalue weighted by Gasteiger charge is -2.39. The number of fused-ring (bicyclic) bond motifs is 2. The van der Waals surface area contributed by atoms with E-state index in [-0.39, 0.29) is 30.4 Å². The van der Waals surface area contributed by atoms with Crippen molar-refractivity contribution in [3.63, 3.8) is 0 Å². The summed E-state index contributed by atoms with van der Waals surface area (Å²) in [6.45, 7) is 8.36. The molecule has 4 aliphatic rings. The smallest absolute Gasteiger partial charge is 0.312 e. The molecule has 1 unspecified atom stereocenters. The molecule has 4 aliphatic heterocycles. The number of ether oxygens (including phenoxy) is 2. The molecule has 8 nitrogen and oxygen atoms in total. The molecule has 0 aromatic rings. The van der Waals surface area contributed by atoms with Crippen LogP contribution in [0.2, 0.25) is 0 Å². The Morgan fingerprint density at radius 2 is 1.88 bits per heavy atom. The van der Waals surface area contributed by atoms with E-state index in [2.05, 4.69) is 0 Å². The van der Waals surface area contributed by atoms with Gasteiger partial charge < -0.3 is 24.4 Å². The van der Waals surface area contributed by atoms with E-state index in [1.807, 2.05) is 52.0 Å². The van der Waals surface area contributed by atoms with Gasteiger partial charge in [0.05, 0.1) is 31.3 Å². The normalized spacial score (nSPS) is 35.7. The molecule has 34 heavy (non-hydrogen) atoms. The fourth-order valence-electron chi connectivity index (χ4n) is 6.05. The minimum atomic E-state index is -1.28. The summed E-state index contributed by atoms with van der Waals surface area (Å²) < 4.78 is 12.2. The third kappa shape index (κ3) is 4.09. The van der Waals surface area contributed by atoms with Crippen LogP contribution in [0.25, 0.3) is 0 Å². The van der Waals surface area contributed by atoms with Gasteiger partial charge in [0.2, 0.25) is 11.8 Å². The number of carbonyl (C=O) groups is 3. The van der Waals surface area contributed by atoms with E-state index in [0.717, 1.165) is 19.3 Å². The van der Waals surface area contributed by atoms with Crippen LogP contribution < -0.4 is 0 Å². The first-order valence-electron chi connectivity index (χ1n) is 12.6. The number of carbonyl (C=O) groups excluding carboxylic acids is 3. The molecule has 1 spiro atoms. The molecule has 188 valence electrons. The summed E-state index contributed by atoms with van der Waals surface area (Å²) >= 11 is 0. The van der Waals surface area contributed by atoms with Crippen molar-refractivity contribution in [2.45, 2.75) is 83.2 Å². The van der Waals surface area contributed by atoms with Crippen LogP contribution in [0.1, 0.15) is 53.4 Å². The highest BCUT2D eigenvalue weighted by Gasteiger charge is 2.72. The van der Waals surface area contributed by atoms with E-state index in [1.165, 1.54) is 4.90 Å². The molecule has 1 N–H and O–H groups in total. The molecule has 8 heteroatoms. The number of allylic oxidation sites excluding steroid dienone is 1. The summed E-state index contributed by atoms with van der Waals surface area (Å²) in [6.07, 6.45) is 9.97. The van der Waals surface area contributed by atoms with Crippen molar-refractivity contribution >= 4 is 17.8 Å². The first-order valence-corrected chi connectivity index (χ1v) is 12.6. The molecule has 2 amide bonds. The van der Waals surface area contributed by atoms with Crippen LogP contribution in [0.3, 0.4) is 0 Å². The summed E-state index contributed by atoms with van der Waals surface area (Å²) in [7, 11) is 0. The average Bonchev–Trinajstić information content (AvgIpc) is 3.17. The largest absolute Gasteiger partial charge is 0.465 e. The van der Waals surface area contributed by atoms with E-state index in [1.54, 1.807) is 4.90 Å². The van der Waals surface area contributed by atoms with E-state index < -0.39 is 41.6 Å². The highest BCUT2D eigenvalue weighted by Crippen LogP contribution is 2.54. The Morgan fingerprint density at radius 1 is 1.12 bits per heavy atom. The molecule has 4 heterocycles. The summed E-state index contributed by atoms with van der Waals surface area (Å²) in [5.41, 5.74) is -1.28. The van der Waals surface area contributed by atoms with Gasteiger partial charge in [-0.3, -0.25) is 14.4 Å². The maximum atomic E-state index is 14.1. The number of cyclic esters (lactones) is 1. The van der Waals surface area contributed by atoms with E-state index in [4.69, 9.17) is 9.47 Å².